The lowest BCUT2D eigenvalue weighted by Gasteiger charge is -2.11. The molecule has 0 amide bonds. The topological polar surface area (TPSA) is 24.9 Å². The molecule has 2 rings (SSSR count). The monoisotopic (exact) mass is 292 g/mol. The number of nitrogens with one attached hydrogen (secondary N) is 1. The summed E-state index contributed by atoms with van der Waals surface area (Å²) in [5, 5.41) is 3.28. The Bertz CT molecular complexity index is 522. The SMILES string of the molecule is CNC(C)c1cccc(SCCc2scnc2C)c1. The van der Waals surface area contributed by atoms with Gasteiger partial charge in [-0.1, -0.05) is 12.1 Å². The second kappa shape index (κ2) is 7.08. The van der Waals surface area contributed by atoms with E-state index in [4.69, 9.17) is 0 Å². The maximum Gasteiger partial charge on any atom is 0.0797 e. The van der Waals surface area contributed by atoms with Gasteiger partial charge in [0.1, 0.15) is 0 Å². The fraction of sp³-hybridized carbons (Fsp3) is 0.400. The maximum absolute atomic E-state index is 4.29. The van der Waals surface area contributed by atoms with Crippen LogP contribution < -0.4 is 5.32 Å². The fourth-order valence-corrected chi connectivity index (χ4v) is 3.71. The molecule has 0 aliphatic rings. The third-order valence-corrected chi connectivity index (χ3v) is 5.22. The highest BCUT2D eigenvalue weighted by Crippen LogP contribution is 2.24. The van der Waals surface area contributed by atoms with Crippen molar-refractivity contribution in [2.45, 2.75) is 31.2 Å². The molecule has 19 heavy (non-hydrogen) atoms. The van der Waals surface area contributed by atoms with Crippen molar-refractivity contribution in [2.24, 2.45) is 0 Å². The highest BCUT2D eigenvalue weighted by Gasteiger charge is 2.05. The second-order valence-corrected chi connectivity index (χ2v) is 6.65. The van der Waals surface area contributed by atoms with Gasteiger partial charge in [0.15, 0.2) is 0 Å². The molecule has 1 aromatic heterocycles. The van der Waals surface area contributed by atoms with Gasteiger partial charge in [0.05, 0.1) is 11.2 Å². The van der Waals surface area contributed by atoms with E-state index in [0.717, 1.165) is 12.2 Å². The summed E-state index contributed by atoms with van der Waals surface area (Å²) < 4.78 is 0. The number of thioether (sulfide) groups is 1. The standard InChI is InChI=1S/C15H20N2S2/c1-11(16-3)13-5-4-6-14(9-13)18-8-7-15-12(2)17-10-19-15/h4-6,9-11,16H,7-8H2,1-3H3. The third kappa shape index (κ3) is 4.06. The van der Waals surface area contributed by atoms with Crippen LogP contribution in [0.1, 0.15) is 29.1 Å². The lowest BCUT2D eigenvalue weighted by molar-refractivity contribution is 0.651. The maximum atomic E-state index is 4.29. The van der Waals surface area contributed by atoms with Crippen molar-refractivity contribution >= 4 is 23.1 Å². The van der Waals surface area contributed by atoms with Crippen LogP contribution in [-0.4, -0.2) is 17.8 Å². The summed E-state index contributed by atoms with van der Waals surface area (Å²) in [6, 6.07) is 9.20. The van der Waals surface area contributed by atoms with Gasteiger partial charge in [0.2, 0.25) is 0 Å². The van der Waals surface area contributed by atoms with Gasteiger partial charge in [0.25, 0.3) is 0 Å². The Morgan fingerprint density at radius 2 is 2.26 bits per heavy atom. The molecule has 0 spiro atoms. The number of benzene rings is 1. The molecule has 0 aliphatic heterocycles. The van der Waals surface area contributed by atoms with E-state index in [1.807, 2.05) is 24.3 Å². The van der Waals surface area contributed by atoms with E-state index in [1.54, 1.807) is 11.3 Å². The van der Waals surface area contributed by atoms with Crippen LogP contribution in [-0.2, 0) is 6.42 Å². The predicted molar refractivity (Wildman–Crippen MR) is 85.2 cm³/mol. The molecule has 0 saturated heterocycles. The average Bonchev–Trinajstić information content (AvgIpc) is 2.84. The summed E-state index contributed by atoms with van der Waals surface area (Å²) in [6.07, 6.45) is 1.10. The molecular weight excluding hydrogens is 272 g/mol. The summed E-state index contributed by atoms with van der Waals surface area (Å²) >= 11 is 3.68. The average molecular weight is 292 g/mol. The molecule has 1 aromatic carbocycles. The smallest absolute Gasteiger partial charge is 0.0797 e. The van der Waals surface area contributed by atoms with E-state index in [9.17, 15) is 0 Å². The van der Waals surface area contributed by atoms with Crippen molar-refractivity contribution < 1.29 is 0 Å². The van der Waals surface area contributed by atoms with Crippen LogP contribution in [0.15, 0.2) is 34.7 Å². The fourth-order valence-electron chi connectivity index (χ4n) is 1.87. The Balaban J connectivity index is 1.91. The Morgan fingerprint density at radius 1 is 1.42 bits per heavy atom. The summed E-state index contributed by atoms with van der Waals surface area (Å²) in [5.74, 6) is 1.11. The highest BCUT2D eigenvalue weighted by atomic mass is 32.2. The minimum absolute atomic E-state index is 0.407. The molecule has 1 heterocycles. The van der Waals surface area contributed by atoms with Crippen LogP contribution in [0.4, 0.5) is 0 Å². The number of aromatic nitrogens is 1. The zero-order valence-electron chi connectivity index (χ0n) is 11.6. The van der Waals surface area contributed by atoms with Gasteiger partial charge in [-0.2, -0.15) is 0 Å². The molecule has 0 radical (unpaired) electrons. The van der Waals surface area contributed by atoms with Gasteiger partial charge < -0.3 is 5.32 Å². The molecule has 1 unspecified atom stereocenters. The summed E-state index contributed by atoms with van der Waals surface area (Å²) in [5.41, 5.74) is 4.47. The van der Waals surface area contributed by atoms with Crippen molar-refractivity contribution in [3.05, 3.63) is 45.9 Å². The first-order chi connectivity index (χ1) is 9.20. The molecule has 0 fully saturated rings. The zero-order chi connectivity index (χ0) is 13.7. The van der Waals surface area contributed by atoms with E-state index >= 15 is 0 Å². The van der Waals surface area contributed by atoms with E-state index in [2.05, 4.69) is 48.4 Å². The van der Waals surface area contributed by atoms with Crippen molar-refractivity contribution in [3.8, 4) is 0 Å². The number of rotatable bonds is 6. The molecule has 0 aliphatic carbocycles. The first-order valence-corrected chi connectivity index (χ1v) is 8.36. The predicted octanol–water partition coefficient (Wildman–Crippen LogP) is 4.07. The second-order valence-electron chi connectivity index (χ2n) is 4.54. The number of aryl methyl sites for hydroxylation is 2. The lowest BCUT2D eigenvalue weighted by Crippen LogP contribution is -2.12. The normalized spacial score (nSPS) is 12.6. The van der Waals surface area contributed by atoms with Gasteiger partial charge in [-0.25, -0.2) is 4.98 Å². The van der Waals surface area contributed by atoms with Crippen molar-refractivity contribution in [1.82, 2.24) is 10.3 Å². The molecule has 2 nitrogen and oxygen atoms in total. The Morgan fingerprint density at radius 3 is 2.95 bits per heavy atom. The van der Waals surface area contributed by atoms with Crippen molar-refractivity contribution in [3.63, 3.8) is 0 Å². The van der Waals surface area contributed by atoms with Gasteiger partial charge in [-0.3, -0.25) is 0 Å². The van der Waals surface area contributed by atoms with Crippen LogP contribution in [0.2, 0.25) is 0 Å². The number of hydrogen-bond acceptors (Lipinski definition) is 4. The van der Waals surface area contributed by atoms with Crippen LogP contribution in [0.5, 0.6) is 0 Å². The van der Waals surface area contributed by atoms with Crippen molar-refractivity contribution in [2.75, 3.05) is 12.8 Å². The van der Waals surface area contributed by atoms with E-state index in [-0.39, 0.29) is 0 Å². The number of thiazole rings is 1. The number of hydrogen-bond donors (Lipinski definition) is 1. The molecule has 1 atom stereocenters. The Kier molecular flexibility index (Phi) is 5.43. The Labute approximate surface area is 123 Å². The van der Waals surface area contributed by atoms with Crippen molar-refractivity contribution in [1.29, 1.82) is 0 Å². The van der Waals surface area contributed by atoms with Gasteiger partial charge in [-0.05, 0) is 45.0 Å². The minimum Gasteiger partial charge on any atom is -0.313 e. The third-order valence-electron chi connectivity index (χ3n) is 3.23. The molecule has 2 aromatic rings. The first-order valence-electron chi connectivity index (χ1n) is 6.49. The highest BCUT2D eigenvalue weighted by molar-refractivity contribution is 7.99. The quantitative estimate of drug-likeness (QED) is 0.813. The van der Waals surface area contributed by atoms with Gasteiger partial charge in [0, 0.05) is 21.6 Å². The lowest BCUT2D eigenvalue weighted by atomic mass is 10.1. The molecule has 0 bridgehead atoms. The van der Waals surface area contributed by atoms with E-state index in [0.29, 0.717) is 6.04 Å². The zero-order valence-corrected chi connectivity index (χ0v) is 13.3. The van der Waals surface area contributed by atoms with Crippen LogP contribution in [0.25, 0.3) is 0 Å². The van der Waals surface area contributed by atoms with Crippen LogP contribution >= 0.6 is 23.1 Å². The molecular formula is C15H20N2S2. The van der Waals surface area contributed by atoms with Crippen LogP contribution in [0, 0.1) is 6.92 Å². The van der Waals surface area contributed by atoms with Gasteiger partial charge >= 0.3 is 0 Å². The summed E-state index contributed by atoms with van der Waals surface area (Å²) in [7, 11) is 2.00. The molecule has 1 N–H and O–H groups in total. The largest absolute Gasteiger partial charge is 0.313 e. The van der Waals surface area contributed by atoms with Gasteiger partial charge in [-0.15, -0.1) is 23.1 Å². The van der Waals surface area contributed by atoms with E-state index < -0.39 is 0 Å². The van der Waals surface area contributed by atoms with Crippen LogP contribution in [0.3, 0.4) is 0 Å². The summed E-state index contributed by atoms with van der Waals surface area (Å²) in [4.78, 5) is 7.05. The van der Waals surface area contributed by atoms with E-state index in [1.165, 1.54) is 21.0 Å². The first kappa shape index (κ1) is 14.6. The Hall–Kier alpha value is -0.840. The molecule has 0 saturated carbocycles. The number of nitrogens with zero attached hydrogens (tertiary/aromatic N) is 1. The molecule has 4 heteroatoms. The summed E-state index contributed by atoms with van der Waals surface area (Å²) in [6.45, 7) is 4.27. The minimum atomic E-state index is 0.407. The molecule has 102 valence electrons.